The van der Waals surface area contributed by atoms with Crippen LogP contribution in [-0.2, 0) is 9.59 Å². The standard InChI is InChI=1S/C27H38O2/c1-20(2)10-7-11-21(3)12-8-13-22(4)14-9-15-23(5)16-17-25-19-26(28)18-24(6)27(25)29/h10,12,14,16,18-19H,7-9,11,13,15,17H2,1-6H3/b21-12-,22-14-,23-16-. The van der Waals surface area contributed by atoms with Crippen LogP contribution in [0.15, 0.2) is 69.9 Å². The van der Waals surface area contributed by atoms with Gasteiger partial charge in [-0.1, -0.05) is 46.6 Å². The average Bonchev–Trinajstić information content (AvgIpc) is 2.63. The van der Waals surface area contributed by atoms with Crippen LogP contribution in [-0.4, -0.2) is 11.6 Å². The Balaban J connectivity index is 2.36. The summed E-state index contributed by atoms with van der Waals surface area (Å²) in [6, 6.07) is 0. The summed E-state index contributed by atoms with van der Waals surface area (Å²) < 4.78 is 0. The molecule has 0 unspecified atom stereocenters. The Kier molecular flexibility index (Phi) is 11.2. The summed E-state index contributed by atoms with van der Waals surface area (Å²) in [5.74, 6) is -0.0865. The molecule has 1 aliphatic rings. The maximum Gasteiger partial charge on any atom is 0.185 e. The summed E-state index contributed by atoms with van der Waals surface area (Å²) in [5.41, 5.74) is 6.71. The van der Waals surface area contributed by atoms with Gasteiger partial charge < -0.3 is 0 Å². The molecular weight excluding hydrogens is 356 g/mol. The second kappa shape index (κ2) is 13.1. The van der Waals surface area contributed by atoms with E-state index < -0.39 is 0 Å². The van der Waals surface area contributed by atoms with Crippen LogP contribution in [0.2, 0.25) is 0 Å². The Bertz CT molecular complexity index is 775. The molecule has 0 N–H and O–H groups in total. The van der Waals surface area contributed by atoms with Crippen LogP contribution in [0, 0.1) is 0 Å². The Morgan fingerprint density at radius 3 is 1.72 bits per heavy atom. The molecule has 0 bridgehead atoms. The molecule has 29 heavy (non-hydrogen) atoms. The summed E-state index contributed by atoms with van der Waals surface area (Å²) in [6.07, 6.45) is 19.0. The van der Waals surface area contributed by atoms with Crippen LogP contribution in [0.25, 0.3) is 0 Å². The molecule has 1 aliphatic carbocycles. The van der Waals surface area contributed by atoms with E-state index in [-0.39, 0.29) is 11.6 Å². The van der Waals surface area contributed by atoms with E-state index in [9.17, 15) is 9.59 Å². The molecular formula is C27H38O2. The molecule has 0 amide bonds. The van der Waals surface area contributed by atoms with Crippen LogP contribution in [0.5, 0.6) is 0 Å². The molecule has 0 saturated carbocycles. The second-order valence-corrected chi connectivity index (χ2v) is 8.48. The zero-order valence-electron chi connectivity index (χ0n) is 19.2. The molecule has 2 nitrogen and oxygen atoms in total. The number of carbonyl (C=O) groups is 2. The van der Waals surface area contributed by atoms with Gasteiger partial charge in [-0.05, 0) is 98.6 Å². The quantitative estimate of drug-likeness (QED) is 0.268. The molecule has 0 heterocycles. The van der Waals surface area contributed by atoms with E-state index in [0.717, 1.165) is 38.5 Å². The van der Waals surface area contributed by atoms with Gasteiger partial charge in [0.2, 0.25) is 0 Å². The van der Waals surface area contributed by atoms with E-state index in [0.29, 0.717) is 17.6 Å². The predicted molar refractivity (Wildman–Crippen MR) is 125 cm³/mol. The first kappa shape index (κ1) is 24.8. The van der Waals surface area contributed by atoms with E-state index in [4.69, 9.17) is 0 Å². The largest absolute Gasteiger partial charge is 0.290 e. The van der Waals surface area contributed by atoms with Crippen LogP contribution in [0.1, 0.15) is 86.5 Å². The number of ketones is 2. The summed E-state index contributed by atoms with van der Waals surface area (Å²) in [4.78, 5) is 23.7. The van der Waals surface area contributed by atoms with Gasteiger partial charge in [0.1, 0.15) is 0 Å². The third kappa shape index (κ3) is 10.8. The average molecular weight is 395 g/mol. The Morgan fingerprint density at radius 2 is 1.21 bits per heavy atom. The Labute approximate surface area is 177 Å². The molecule has 0 aromatic rings. The fraction of sp³-hybridized carbons (Fsp3) is 0.481. The molecule has 0 radical (unpaired) electrons. The molecule has 0 spiro atoms. The van der Waals surface area contributed by atoms with Gasteiger partial charge in [-0.3, -0.25) is 9.59 Å². The first-order chi connectivity index (χ1) is 13.7. The van der Waals surface area contributed by atoms with Gasteiger partial charge in [-0.2, -0.15) is 0 Å². The lowest BCUT2D eigenvalue weighted by Gasteiger charge is -2.09. The minimum Gasteiger partial charge on any atom is -0.290 e. The van der Waals surface area contributed by atoms with Gasteiger partial charge >= 0.3 is 0 Å². The first-order valence-corrected chi connectivity index (χ1v) is 10.8. The lowest BCUT2D eigenvalue weighted by atomic mass is 9.94. The summed E-state index contributed by atoms with van der Waals surface area (Å²) in [7, 11) is 0. The SMILES string of the molecule is CC(C)=CCC/C(C)=C\CC/C(C)=C\CC/C(C)=C\CC1=CC(=O)C=C(C)C1=O. The molecule has 2 heteroatoms. The maximum atomic E-state index is 12.1. The van der Waals surface area contributed by atoms with Crippen molar-refractivity contribution in [2.24, 2.45) is 0 Å². The van der Waals surface area contributed by atoms with Crippen molar-refractivity contribution in [2.75, 3.05) is 0 Å². The monoisotopic (exact) mass is 394 g/mol. The summed E-state index contributed by atoms with van der Waals surface area (Å²) in [6.45, 7) is 12.5. The molecule has 0 aromatic carbocycles. The van der Waals surface area contributed by atoms with E-state index >= 15 is 0 Å². The Morgan fingerprint density at radius 1 is 0.724 bits per heavy atom. The smallest absolute Gasteiger partial charge is 0.185 e. The van der Waals surface area contributed by atoms with Crippen molar-refractivity contribution in [1.82, 2.24) is 0 Å². The molecule has 0 atom stereocenters. The van der Waals surface area contributed by atoms with Gasteiger partial charge in [0.05, 0.1) is 0 Å². The molecule has 1 rings (SSSR count). The number of carbonyl (C=O) groups excluding carboxylic acids is 2. The van der Waals surface area contributed by atoms with Crippen molar-refractivity contribution in [2.45, 2.75) is 86.5 Å². The molecule has 0 fully saturated rings. The lowest BCUT2D eigenvalue weighted by Crippen LogP contribution is -2.12. The number of hydrogen-bond donors (Lipinski definition) is 0. The van der Waals surface area contributed by atoms with Crippen molar-refractivity contribution in [1.29, 1.82) is 0 Å². The third-order valence-electron chi connectivity index (χ3n) is 5.15. The Hall–Kier alpha value is -2.22. The van der Waals surface area contributed by atoms with E-state index in [1.54, 1.807) is 6.92 Å². The van der Waals surface area contributed by atoms with Crippen LogP contribution in [0.4, 0.5) is 0 Å². The van der Waals surface area contributed by atoms with Crippen LogP contribution >= 0.6 is 0 Å². The minimum absolute atomic E-state index is 0.00594. The molecule has 0 aliphatic heterocycles. The van der Waals surface area contributed by atoms with Gasteiger partial charge in [0.25, 0.3) is 0 Å². The highest BCUT2D eigenvalue weighted by molar-refractivity contribution is 6.20. The minimum atomic E-state index is -0.0806. The van der Waals surface area contributed by atoms with E-state index in [1.165, 1.54) is 34.4 Å². The van der Waals surface area contributed by atoms with Crippen molar-refractivity contribution in [3.63, 3.8) is 0 Å². The third-order valence-corrected chi connectivity index (χ3v) is 5.15. The fourth-order valence-electron chi connectivity index (χ4n) is 3.23. The van der Waals surface area contributed by atoms with Gasteiger partial charge in [0.15, 0.2) is 11.6 Å². The zero-order chi connectivity index (χ0) is 21.8. The predicted octanol–water partition coefficient (Wildman–Crippen LogP) is 7.55. The highest BCUT2D eigenvalue weighted by atomic mass is 16.1. The maximum absolute atomic E-state index is 12.1. The van der Waals surface area contributed by atoms with E-state index in [2.05, 4.69) is 58.9 Å². The second-order valence-electron chi connectivity index (χ2n) is 8.48. The number of rotatable bonds is 11. The van der Waals surface area contributed by atoms with Crippen LogP contribution < -0.4 is 0 Å². The van der Waals surface area contributed by atoms with Gasteiger partial charge in [-0.25, -0.2) is 0 Å². The summed E-state index contributed by atoms with van der Waals surface area (Å²) in [5, 5.41) is 0. The van der Waals surface area contributed by atoms with Crippen molar-refractivity contribution >= 4 is 11.6 Å². The normalized spacial score (nSPS) is 16.0. The van der Waals surface area contributed by atoms with Crippen LogP contribution in [0.3, 0.4) is 0 Å². The molecule has 0 aromatic heterocycles. The van der Waals surface area contributed by atoms with Crippen molar-refractivity contribution in [3.8, 4) is 0 Å². The molecule has 0 saturated heterocycles. The van der Waals surface area contributed by atoms with Gasteiger partial charge in [-0.15, -0.1) is 0 Å². The fourth-order valence-corrected chi connectivity index (χ4v) is 3.23. The highest BCUT2D eigenvalue weighted by Gasteiger charge is 2.17. The number of Topliss-reactive ketones (excluding diaryl/α,β-unsaturated/α-hetero) is 1. The topological polar surface area (TPSA) is 34.1 Å². The van der Waals surface area contributed by atoms with E-state index in [1.807, 2.05) is 0 Å². The summed E-state index contributed by atoms with van der Waals surface area (Å²) >= 11 is 0. The number of hydrogen-bond acceptors (Lipinski definition) is 2. The zero-order valence-corrected chi connectivity index (χ0v) is 19.2. The van der Waals surface area contributed by atoms with Crippen molar-refractivity contribution < 1.29 is 9.59 Å². The highest BCUT2D eigenvalue weighted by Crippen LogP contribution is 2.18. The van der Waals surface area contributed by atoms with Gasteiger partial charge in [0, 0.05) is 11.1 Å². The molecule has 158 valence electrons. The number of allylic oxidation sites excluding steroid dienone is 12. The first-order valence-electron chi connectivity index (χ1n) is 10.8. The lowest BCUT2D eigenvalue weighted by molar-refractivity contribution is -0.115. The van der Waals surface area contributed by atoms with Crippen molar-refractivity contribution in [3.05, 3.63) is 69.9 Å².